The van der Waals surface area contributed by atoms with Crippen molar-refractivity contribution in [3.63, 3.8) is 0 Å². The lowest BCUT2D eigenvalue weighted by Crippen LogP contribution is -2.54. The summed E-state index contributed by atoms with van der Waals surface area (Å²) in [4.78, 5) is 11.1. The van der Waals surface area contributed by atoms with Crippen molar-refractivity contribution >= 4 is 28.7 Å². The fourth-order valence-electron chi connectivity index (χ4n) is 3.06. The number of anilines is 1. The lowest BCUT2D eigenvalue weighted by Gasteiger charge is -2.34. The van der Waals surface area contributed by atoms with E-state index in [1.54, 1.807) is 12.3 Å². The third-order valence-electron chi connectivity index (χ3n) is 4.69. The number of piperazine rings is 1. The second kappa shape index (κ2) is 7.13. The summed E-state index contributed by atoms with van der Waals surface area (Å²) in [5, 5.41) is 4.05. The predicted octanol–water partition coefficient (Wildman–Crippen LogP) is 3.35. The van der Waals surface area contributed by atoms with Crippen LogP contribution in [0.4, 0.5) is 6.01 Å². The lowest BCUT2D eigenvalue weighted by atomic mass is 10.2. The summed E-state index contributed by atoms with van der Waals surface area (Å²) in [6.45, 7) is 7.04. The molecule has 7 heteroatoms. The summed E-state index contributed by atoms with van der Waals surface area (Å²) in [6, 6.07) is 8.23. The van der Waals surface area contributed by atoms with Gasteiger partial charge >= 0.3 is 0 Å². The number of nitrogens with one attached hydrogen (secondary N) is 1. The molecule has 0 bridgehead atoms. The van der Waals surface area contributed by atoms with Gasteiger partial charge in [0, 0.05) is 36.4 Å². The summed E-state index contributed by atoms with van der Waals surface area (Å²) < 4.78 is 11.9. The van der Waals surface area contributed by atoms with Gasteiger partial charge < -0.3 is 19.4 Å². The molecular weight excluding hydrogens is 352 g/mol. The standard InChI is InChI=1S/C19H21ClN4O2/c1-12-7-16(10-22-13(12)2)25-11-15-9-21-5-6-24(15)19-23-17-4-3-14(20)8-18(17)26-19/h3-4,7-8,10,15,21H,5-6,9,11H2,1-2H3. The van der Waals surface area contributed by atoms with Gasteiger partial charge in [-0.2, -0.15) is 4.98 Å². The van der Waals surface area contributed by atoms with Gasteiger partial charge in [-0.25, -0.2) is 0 Å². The number of rotatable bonds is 4. The second-order valence-corrected chi connectivity index (χ2v) is 6.98. The average molecular weight is 373 g/mol. The van der Waals surface area contributed by atoms with Crippen LogP contribution < -0.4 is 15.0 Å². The van der Waals surface area contributed by atoms with Crippen molar-refractivity contribution < 1.29 is 9.15 Å². The van der Waals surface area contributed by atoms with E-state index in [1.165, 1.54) is 0 Å². The quantitative estimate of drug-likeness (QED) is 0.757. The van der Waals surface area contributed by atoms with E-state index in [1.807, 2.05) is 32.0 Å². The van der Waals surface area contributed by atoms with Crippen molar-refractivity contribution in [1.29, 1.82) is 0 Å². The SMILES string of the molecule is Cc1cc(OCC2CNCCN2c2nc3ccc(Cl)cc3o2)cnc1C. The molecule has 1 N–H and O–H groups in total. The van der Waals surface area contributed by atoms with Crippen molar-refractivity contribution in [2.75, 3.05) is 31.1 Å². The maximum Gasteiger partial charge on any atom is 0.298 e. The molecule has 1 aromatic carbocycles. The Kier molecular flexibility index (Phi) is 4.70. The van der Waals surface area contributed by atoms with Gasteiger partial charge in [-0.15, -0.1) is 0 Å². The van der Waals surface area contributed by atoms with Crippen LogP contribution in [0.5, 0.6) is 5.75 Å². The molecule has 26 heavy (non-hydrogen) atoms. The zero-order valence-corrected chi connectivity index (χ0v) is 15.6. The number of nitrogens with zero attached hydrogens (tertiary/aromatic N) is 3. The minimum atomic E-state index is 0.119. The third-order valence-corrected chi connectivity index (χ3v) is 4.93. The van der Waals surface area contributed by atoms with Crippen LogP contribution in [0.25, 0.3) is 11.1 Å². The topological polar surface area (TPSA) is 63.4 Å². The first-order valence-corrected chi connectivity index (χ1v) is 9.07. The molecular formula is C19H21ClN4O2. The Bertz CT molecular complexity index is 927. The molecule has 4 rings (SSSR count). The number of hydrogen-bond acceptors (Lipinski definition) is 6. The molecule has 2 aromatic heterocycles. The Morgan fingerprint density at radius 1 is 1.35 bits per heavy atom. The van der Waals surface area contributed by atoms with Gasteiger partial charge in [0.2, 0.25) is 0 Å². The highest BCUT2D eigenvalue weighted by Crippen LogP contribution is 2.26. The minimum absolute atomic E-state index is 0.119. The van der Waals surface area contributed by atoms with Crippen LogP contribution in [-0.4, -0.2) is 42.3 Å². The number of aryl methyl sites for hydroxylation is 2. The molecule has 1 fully saturated rings. The molecule has 1 aliphatic heterocycles. The summed E-state index contributed by atoms with van der Waals surface area (Å²) >= 11 is 6.05. The zero-order chi connectivity index (χ0) is 18.1. The molecule has 136 valence electrons. The maximum atomic E-state index is 6.05. The Balaban J connectivity index is 1.52. The van der Waals surface area contributed by atoms with Crippen molar-refractivity contribution in [3.05, 3.63) is 46.7 Å². The van der Waals surface area contributed by atoms with Crippen molar-refractivity contribution in [2.24, 2.45) is 0 Å². The van der Waals surface area contributed by atoms with E-state index >= 15 is 0 Å². The minimum Gasteiger partial charge on any atom is -0.490 e. The molecule has 3 aromatic rings. The van der Waals surface area contributed by atoms with Crippen molar-refractivity contribution in [2.45, 2.75) is 19.9 Å². The number of ether oxygens (including phenoxy) is 1. The first-order valence-electron chi connectivity index (χ1n) is 8.69. The summed E-state index contributed by atoms with van der Waals surface area (Å²) in [5.74, 6) is 0.781. The molecule has 0 aliphatic carbocycles. The summed E-state index contributed by atoms with van der Waals surface area (Å²) in [6.07, 6.45) is 1.77. The number of aromatic nitrogens is 2. The van der Waals surface area contributed by atoms with E-state index in [2.05, 4.69) is 20.2 Å². The smallest absolute Gasteiger partial charge is 0.298 e. The number of benzene rings is 1. The number of hydrogen-bond donors (Lipinski definition) is 1. The monoisotopic (exact) mass is 372 g/mol. The molecule has 1 unspecified atom stereocenters. The Morgan fingerprint density at radius 2 is 2.23 bits per heavy atom. The second-order valence-electron chi connectivity index (χ2n) is 6.54. The molecule has 0 radical (unpaired) electrons. The Morgan fingerprint density at radius 3 is 3.08 bits per heavy atom. The zero-order valence-electron chi connectivity index (χ0n) is 14.8. The van der Waals surface area contributed by atoms with E-state index in [-0.39, 0.29) is 6.04 Å². The molecule has 1 aliphatic rings. The Hall–Kier alpha value is -2.31. The highest BCUT2D eigenvalue weighted by atomic mass is 35.5. The molecule has 1 saturated heterocycles. The maximum absolute atomic E-state index is 6.05. The number of halogens is 1. The third kappa shape index (κ3) is 3.48. The van der Waals surface area contributed by atoms with Crippen LogP contribution in [-0.2, 0) is 0 Å². The van der Waals surface area contributed by atoms with E-state index < -0.39 is 0 Å². The highest BCUT2D eigenvalue weighted by Gasteiger charge is 2.27. The van der Waals surface area contributed by atoms with Gasteiger partial charge in [0.25, 0.3) is 6.01 Å². The first-order chi connectivity index (χ1) is 12.6. The van der Waals surface area contributed by atoms with Gasteiger partial charge in [0.1, 0.15) is 17.9 Å². The van der Waals surface area contributed by atoms with Gasteiger partial charge in [0.05, 0.1) is 12.2 Å². The molecule has 0 amide bonds. The van der Waals surface area contributed by atoms with Crippen LogP contribution in [0.3, 0.4) is 0 Å². The first kappa shape index (κ1) is 17.1. The van der Waals surface area contributed by atoms with Crippen molar-refractivity contribution in [3.8, 4) is 5.75 Å². The van der Waals surface area contributed by atoms with Crippen LogP contribution in [0, 0.1) is 13.8 Å². The lowest BCUT2D eigenvalue weighted by molar-refractivity contribution is 0.260. The van der Waals surface area contributed by atoms with Crippen LogP contribution in [0.2, 0.25) is 5.02 Å². The number of fused-ring (bicyclic) bond motifs is 1. The van der Waals surface area contributed by atoms with Crippen LogP contribution in [0.15, 0.2) is 34.9 Å². The molecule has 0 saturated carbocycles. The highest BCUT2D eigenvalue weighted by molar-refractivity contribution is 6.31. The normalized spacial score (nSPS) is 17.7. The average Bonchev–Trinajstić information content (AvgIpc) is 3.06. The van der Waals surface area contributed by atoms with Gasteiger partial charge in [-0.3, -0.25) is 4.98 Å². The van der Waals surface area contributed by atoms with Crippen LogP contribution in [0.1, 0.15) is 11.3 Å². The van der Waals surface area contributed by atoms with Gasteiger partial charge in [-0.1, -0.05) is 11.6 Å². The summed E-state index contributed by atoms with van der Waals surface area (Å²) in [5.41, 5.74) is 3.64. The summed E-state index contributed by atoms with van der Waals surface area (Å²) in [7, 11) is 0. The number of oxazole rings is 1. The fourth-order valence-corrected chi connectivity index (χ4v) is 3.22. The molecule has 6 nitrogen and oxygen atoms in total. The van der Waals surface area contributed by atoms with E-state index in [0.717, 1.165) is 42.2 Å². The predicted molar refractivity (Wildman–Crippen MR) is 102 cm³/mol. The van der Waals surface area contributed by atoms with E-state index in [0.29, 0.717) is 23.2 Å². The molecule has 0 spiro atoms. The van der Waals surface area contributed by atoms with Gasteiger partial charge in [-0.05, 0) is 37.6 Å². The van der Waals surface area contributed by atoms with Crippen LogP contribution >= 0.6 is 11.6 Å². The largest absolute Gasteiger partial charge is 0.490 e. The van der Waals surface area contributed by atoms with Gasteiger partial charge in [0.15, 0.2) is 5.58 Å². The van der Waals surface area contributed by atoms with Crippen molar-refractivity contribution in [1.82, 2.24) is 15.3 Å². The number of pyridine rings is 1. The molecule has 3 heterocycles. The fraction of sp³-hybridized carbons (Fsp3) is 0.368. The van der Waals surface area contributed by atoms with E-state index in [9.17, 15) is 0 Å². The molecule has 1 atom stereocenters. The van der Waals surface area contributed by atoms with E-state index in [4.69, 9.17) is 20.8 Å². The Labute approximate surface area is 157 Å².